The zero-order chi connectivity index (χ0) is 24.0. The Morgan fingerprint density at radius 2 is 1.72 bits per heavy atom. The molecule has 0 bridgehead atoms. The van der Waals surface area contributed by atoms with Crippen LogP contribution in [0.25, 0.3) is 0 Å². The number of fused-ring (bicyclic) bond motifs is 1. The number of anilines is 2. The molecule has 0 saturated heterocycles. The van der Waals surface area contributed by atoms with Crippen LogP contribution in [-0.4, -0.2) is 47.0 Å². The Labute approximate surface area is 220 Å². The zero-order valence-corrected chi connectivity index (χ0v) is 21.1. The van der Waals surface area contributed by atoms with Gasteiger partial charge in [0, 0.05) is 26.1 Å². The molecule has 2 aromatic rings. The summed E-state index contributed by atoms with van der Waals surface area (Å²) in [6.45, 7) is 6.26. The van der Waals surface area contributed by atoms with Crippen molar-refractivity contribution in [2.24, 2.45) is 11.8 Å². The molecule has 0 radical (unpaired) electrons. The summed E-state index contributed by atoms with van der Waals surface area (Å²) in [5.41, 5.74) is 1.84. The van der Waals surface area contributed by atoms with Gasteiger partial charge in [0.15, 0.2) is 23.3 Å². The minimum absolute atomic E-state index is 0. The molecule has 1 atom stereocenters. The lowest BCUT2D eigenvalue weighted by atomic mass is 9.77. The number of halogens is 3. The van der Waals surface area contributed by atoms with Crippen molar-refractivity contribution < 1.29 is 18.0 Å². The molecule has 1 aliphatic carbocycles. The SMILES string of the molecule is C.C.Cc1nc(CC2CC(N(C)Cc3cc(F)c(F)c(F)c3)C2)nc2c1NC(=O)[C@H](C(C)C)N2C.S. The second-order valence-corrected chi connectivity index (χ2v) is 9.70. The molecule has 1 aromatic carbocycles. The van der Waals surface area contributed by atoms with Crippen molar-refractivity contribution in [3.8, 4) is 0 Å². The first-order chi connectivity index (χ1) is 15.5. The summed E-state index contributed by atoms with van der Waals surface area (Å²) in [4.78, 5) is 25.9. The van der Waals surface area contributed by atoms with E-state index in [1.165, 1.54) is 0 Å². The van der Waals surface area contributed by atoms with Crippen LogP contribution in [0.1, 0.15) is 58.6 Å². The molecular weight excluding hydrogens is 487 g/mol. The molecule has 0 spiro atoms. The Morgan fingerprint density at radius 1 is 1.14 bits per heavy atom. The molecule has 1 aliphatic heterocycles. The maximum atomic E-state index is 13.5. The fraction of sp³-hybridized carbons (Fsp3) is 0.577. The Morgan fingerprint density at radius 3 is 2.28 bits per heavy atom. The molecule has 1 fully saturated rings. The number of nitrogens with one attached hydrogen (secondary N) is 1. The third-order valence-corrected chi connectivity index (χ3v) is 6.80. The van der Waals surface area contributed by atoms with E-state index in [4.69, 9.17) is 4.98 Å². The Hall–Kier alpha value is -2.33. The quantitative estimate of drug-likeness (QED) is 0.506. The second-order valence-electron chi connectivity index (χ2n) is 9.70. The van der Waals surface area contributed by atoms with E-state index in [2.05, 4.69) is 10.3 Å². The van der Waals surface area contributed by atoms with E-state index in [9.17, 15) is 18.0 Å². The van der Waals surface area contributed by atoms with Crippen molar-refractivity contribution in [1.29, 1.82) is 0 Å². The van der Waals surface area contributed by atoms with Crippen LogP contribution in [0.15, 0.2) is 12.1 Å². The molecule has 6 nitrogen and oxygen atoms in total. The van der Waals surface area contributed by atoms with Crippen molar-refractivity contribution in [3.63, 3.8) is 0 Å². The van der Waals surface area contributed by atoms with Gasteiger partial charge >= 0.3 is 0 Å². The summed E-state index contributed by atoms with van der Waals surface area (Å²) in [5, 5.41) is 2.97. The number of rotatable bonds is 6. The molecule has 1 N–H and O–H groups in total. The molecule has 36 heavy (non-hydrogen) atoms. The van der Waals surface area contributed by atoms with Crippen molar-refractivity contribution in [2.45, 2.75) is 73.5 Å². The van der Waals surface area contributed by atoms with E-state index < -0.39 is 17.5 Å². The van der Waals surface area contributed by atoms with Crippen molar-refractivity contribution >= 4 is 30.9 Å². The third kappa shape index (κ3) is 6.14. The van der Waals surface area contributed by atoms with Crippen molar-refractivity contribution in [1.82, 2.24) is 14.9 Å². The highest BCUT2D eigenvalue weighted by Crippen LogP contribution is 2.37. The predicted molar refractivity (Wildman–Crippen MR) is 144 cm³/mol. The Kier molecular flexibility index (Phi) is 10.8. The Bertz CT molecular complexity index is 1050. The van der Waals surface area contributed by atoms with E-state index in [-0.39, 0.29) is 52.3 Å². The second kappa shape index (κ2) is 12.3. The first kappa shape index (κ1) is 31.7. The van der Waals surface area contributed by atoms with Crippen LogP contribution in [0.3, 0.4) is 0 Å². The average molecular weight is 528 g/mol. The largest absolute Gasteiger partial charge is 0.346 e. The van der Waals surface area contributed by atoms with Crippen LogP contribution in [-0.2, 0) is 17.8 Å². The van der Waals surface area contributed by atoms with Crippen LogP contribution in [0.4, 0.5) is 24.7 Å². The van der Waals surface area contributed by atoms with Gasteiger partial charge in [-0.15, -0.1) is 0 Å². The first-order valence-corrected chi connectivity index (χ1v) is 11.3. The molecule has 1 saturated carbocycles. The van der Waals surface area contributed by atoms with Crippen LogP contribution in [0, 0.1) is 36.2 Å². The van der Waals surface area contributed by atoms with Gasteiger partial charge in [0.25, 0.3) is 0 Å². The highest BCUT2D eigenvalue weighted by Gasteiger charge is 2.37. The number of carbonyl (C=O) groups is 1. The van der Waals surface area contributed by atoms with Gasteiger partial charge in [-0.3, -0.25) is 9.69 Å². The standard InChI is InChI=1S/C24H30F3N5O.2CH4.H2S/c1-12(2)22-24(33)30-21-13(3)28-19(29-23(21)32(22)5)10-14-6-16(7-14)31(4)11-15-8-17(25)20(27)18(26)9-15;;;/h8-9,12,14,16,22H,6-7,10-11H2,1-5H3,(H,30,33);2*1H4;1H2/t14?,16?,22-;;;/m0.../s1. The van der Waals surface area contributed by atoms with Gasteiger partial charge in [-0.05, 0) is 56.3 Å². The topological polar surface area (TPSA) is 61.4 Å². The first-order valence-electron chi connectivity index (χ1n) is 11.3. The maximum absolute atomic E-state index is 13.5. The van der Waals surface area contributed by atoms with Gasteiger partial charge in [-0.2, -0.15) is 13.5 Å². The number of hydrogen-bond acceptors (Lipinski definition) is 5. The predicted octanol–water partition coefficient (Wildman–Crippen LogP) is 5.45. The average Bonchev–Trinajstić information content (AvgIpc) is 2.69. The van der Waals surface area contributed by atoms with E-state index in [1.807, 2.05) is 44.7 Å². The zero-order valence-electron chi connectivity index (χ0n) is 20.1. The normalized spacial score (nSPS) is 20.6. The number of likely N-dealkylation sites (N-methyl/N-ethyl adjacent to an activating group) is 1. The van der Waals surface area contributed by atoms with Crippen LogP contribution >= 0.6 is 13.5 Å². The third-order valence-electron chi connectivity index (χ3n) is 6.80. The highest BCUT2D eigenvalue weighted by molar-refractivity contribution is 7.59. The van der Waals surface area contributed by atoms with Crippen LogP contribution in [0.2, 0.25) is 0 Å². The summed E-state index contributed by atoms with van der Waals surface area (Å²) in [5.74, 6) is -1.74. The van der Waals surface area contributed by atoms with Gasteiger partial charge < -0.3 is 10.2 Å². The number of amides is 1. The number of nitrogens with zero attached hydrogens (tertiary/aromatic N) is 4. The fourth-order valence-corrected chi connectivity index (χ4v) is 4.96. The van der Waals surface area contributed by atoms with E-state index in [0.717, 1.165) is 48.7 Å². The molecule has 10 heteroatoms. The van der Waals surface area contributed by atoms with Gasteiger partial charge in [0.2, 0.25) is 5.91 Å². The molecular formula is C26H40F3N5OS. The summed E-state index contributed by atoms with van der Waals surface area (Å²) < 4.78 is 40.2. The summed E-state index contributed by atoms with van der Waals surface area (Å²) in [7, 11) is 3.80. The molecule has 0 unspecified atom stereocenters. The van der Waals surface area contributed by atoms with Crippen molar-refractivity contribution in [2.75, 3.05) is 24.3 Å². The number of aryl methyl sites for hydroxylation is 1. The number of aromatic nitrogens is 2. The van der Waals surface area contributed by atoms with E-state index in [0.29, 0.717) is 23.7 Å². The summed E-state index contributed by atoms with van der Waals surface area (Å²) >= 11 is 0. The summed E-state index contributed by atoms with van der Waals surface area (Å²) in [6.07, 6.45) is 2.57. The number of carbonyl (C=O) groups excluding carboxylic acids is 1. The van der Waals surface area contributed by atoms with Gasteiger partial charge in [-0.1, -0.05) is 28.7 Å². The van der Waals surface area contributed by atoms with E-state index >= 15 is 0 Å². The monoisotopic (exact) mass is 527 g/mol. The molecule has 202 valence electrons. The molecule has 1 aromatic heterocycles. The van der Waals surface area contributed by atoms with Gasteiger partial charge in [0.1, 0.15) is 17.6 Å². The highest BCUT2D eigenvalue weighted by atomic mass is 32.1. The van der Waals surface area contributed by atoms with Crippen LogP contribution < -0.4 is 10.2 Å². The van der Waals surface area contributed by atoms with Crippen molar-refractivity contribution in [3.05, 3.63) is 46.7 Å². The lowest BCUT2D eigenvalue weighted by Crippen LogP contribution is -2.50. The number of hydrogen-bond donors (Lipinski definition) is 1. The van der Waals surface area contributed by atoms with Gasteiger partial charge in [-0.25, -0.2) is 23.1 Å². The van der Waals surface area contributed by atoms with E-state index in [1.54, 1.807) is 0 Å². The lowest BCUT2D eigenvalue weighted by molar-refractivity contribution is -0.118. The molecule has 1 amide bonds. The molecule has 2 aliphatic rings. The van der Waals surface area contributed by atoms with Gasteiger partial charge in [0.05, 0.1) is 5.69 Å². The maximum Gasteiger partial charge on any atom is 0.247 e. The molecule has 4 rings (SSSR count). The summed E-state index contributed by atoms with van der Waals surface area (Å²) in [6, 6.07) is 2.10. The van der Waals surface area contributed by atoms with Crippen LogP contribution in [0.5, 0.6) is 0 Å². The molecule has 2 heterocycles. The minimum Gasteiger partial charge on any atom is -0.346 e. The lowest BCUT2D eigenvalue weighted by Gasteiger charge is -2.41. The smallest absolute Gasteiger partial charge is 0.247 e. The minimum atomic E-state index is -1.43. The fourth-order valence-electron chi connectivity index (χ4n) is 4.96. The Balaban J connectivity index is 0.00000216. The number of benzene rings is 1.